The van der Waals surface area contributed by atoms with Crippen LogP contribution in [0.3, 0.4) is 0 Å². The minimum atomic E-state index is -0.365. The number of rotatable bonds is 3. The predicted molar refractivity (Wildman–Crippen MR) is 126 cm³/mol. The van der Waals surface area contributed by atoms with Gasteiger partial charge in [-0.3, -0.25) is 10.3 Å². The van der Waals surface area contributed by atoms with Crippen molar-refractivity contribution in [2.75, 3.05) is 0 Å². The number of halogens is 4. The highest BCUT2D eigenvalue weighted by Gasteiger charge is 2.28. The number of hydrogen-bond donors (Lipinski definition) is 2. The summed E-state index contributed by atoms with van der Waals surface area (Å²) in [5.41, 5.74) is 3.62. The van der Waals surface area contributed by atoms with Gasteiger partial charge in [-0.15, -0.1) is 0 Å². The van der Waals surface area contributed by atoms with Crippen LogP contribution in [0.15, 0.2) is 74.6 Å². The number of hydrogen-bond acceptors (Lipinski definition) is 3. The summed E-state index contributed by atoms with van der Waals surface area (Å²) in [4.78, 5) is 4.94. The van der Waals surface area contributed by atoms with Crippen LogP contribution in [-0.2, 0) is 0 Å². The first-order valence-corrected chi connectivity index (χ1v) is 11.3. The Bertz CT molecular complexity index is 1090. The van der Waals surface area contributed by atoms with Crippen molar-refractivity contribution in [3.05, 3.63) is 96.3 Å². The molecule has 29 heavy (non-hydrogen) atoms. The highest BCUT2D eigenvalue weighted by molar-refractivity contribution is 9.10. The average Bonchev–Trinajstić information content (AvgIpc) is 2.70. The lowest BCUT2D eigenvalue weighted by Crippen LogP contribution is -2.33. The second-order valence-corrected chi connectivity index (χ2v) is 9.45. The second kappa shape index (κ2) is 8.78. The first-order valence-electron chi connectivity index (χ1n) is 8.93. The molecule has 0 aliphatic carbocycles. The number of nitrogens with zero attached hydrogens (tertiary/aromatic N) is 1. The number of aromatic hydroxyl groups is 1. The molecule has 3 aromatic rings. The minimum Gasteiger partial charge on any atom is -0.508 e. The summed E-state index contributed by atoms with van der Waals surface area (Å²) in [6.07, 6.45) is 0.267. The van der Waals surface area contributed by atoms with Crippen LogP contribution in [-0.4, -0.2) is 10.8 Å². The Kier molecular flexibility index (Phi) is 6.32. The monoisotopic (exact) mass is 552 g/mol. The molecule has 148 valence electrons. The zero-order chi connectivity index (χ0) is 20.5. The molecule has 1 heterocycles. The van der Waals surface area contributed by atoms with Crippen LogP contribution in [0.5, 0.6) is 5.75 Å². The molecule has 0 aromatic heterocycles. The summed E-state index contributed by atoms with van der Waals surface area (Å²) < 4.78 is 1.91. The Morgan fingerprint density at radius 3 is 2.34 bits per heavy atom. The Labute approximate surface area is 196 Å². The quantitative estimate of drug-likeness (QED) is 0.353. The maximum absolute atomic E-state index is 10.5. The molecule has 2 atom stereocenters. The lowest BCUT2D eigenvalue weighted by molar-refractivity contribution is 0.412. The largest absolute Gasteiger partial charge is 0.508 e. The van der Waals surface area contributed by atoms with Crippen LogP contribution < -0.4 is 5.32 Å². The van der Waals surface area contributed by atoms with Gasteiger partial charge in [0.1, 0.15) is 11.9 Å². The third-order valence-corrected chi connectivity index (χ3v) is 6.43. The van der Waals surface area contributed by atoms with Crippen LogP contribution in [0.2, 0.25) is 10.0 Å². The molecule has 0 saturated heterocycles. The summed E-state index contributed by atoms with van der Waals surface area (Å²) in [7, 11) is 0. The summed E-state index contributed by atoms with van der Waals surface area (Å²) in [6.45, 7) is 0. The van der Waals surface area contributed by atoms with Crippen LogP contribution in [0.1, 0.15) is 35.3 Å². The van der Waals surface area contributed by atoms with Gasteiger partial charge in [0.15, 0.2) is 0 Å². The smallest absolute Gasteiger partial charge is 0.127 e. The summed E-state index contributed by atoms with van der Waals surface area (Å²) in [6, 6.07) is 18.8. The van der Waals surface area contributed by atoms with E-state index in [0.717, 1.165) is 31.3 Å². The van der Waals surface area contributed by atoms with Crippen LogP contribution >= 0.6 is 55.1 Å². The third-order valence-electron chi connectivity index (χ3n) is 4.84. The zero-order valence-corrected chi connectivity index (χ0v) is 19.7. The van der Waals surface area contributed by atoms with E-state index in [1.54, 1.807) is 18.2 Å². The first-order chi connectivity index (χ1) is 13.9. The van der Waals surface area contributed by atoms with Gasteiger partial charge in [0, 0.05) is 48.3 Å². The standard InChI is InChI=1S/C22H16Br2Cl2N2O/c23-13-3-1-12(2-4-13)19-11-20(17-9-14(24)5-8-21(17)29)28-22(27-19)16-7-6-15(25)10-18(16)26/h1-10,20,22,28-29H,11H2/t20-,22+/m0/s1. The molecule has 2 N–H and O–H groups in total. The number of benzene rings is 3. The van der Waals surface area contributed by atoms with Crippen molar-refractivity contribution in [3.63, 3.8) is 0 Å². The van der Waals surface area contributed by atoms with E-state index in [0.29, 0.717) is 16.5 Å². The van der Waals surface area contributed by atoms with Crippen LogP contribution in [0.4, 0.5) is 0 Å². The minimum absolute atomic E-state index is 0.139. The highest BCUT2D eigenvalue weighted by Crippen LogP contribution is 2.37. The lowest BCUT2D eigenvalue weighted by Gasteiger charge is -2.31. The molecule has 0 unspecified atom stereocenters. The zero-order valence-electron chi connectivity index (χ0n) is 15.0. The fourth-order valence-corrected chi connectivity index (χ4v) is 4.57. The Morgan fingerprint density at radius 2 is 1.62 bits per heavy atom. The lowest BCUT2D eigenvalue weighted by atomic mass is 9.93. The molecule has 4 rings (SSSR count). The fourth-order valence-electron chi connectivity index (χ4n) is 3.41. The topological polar surface area (TPSA) is 44.6 Å². The molecule has 7 heteroatoms. The average molecular weight is 555 g/mol. The van der Waals surface area contributed by atoms with Crippen molar-refractivity contribution >= 4 is 60.8 Å². The molecule has 0 fully saturated rings. The van der Waals surface area contributed by atoms with Crippen molar-refractivity contribution in [1.82, 2.24) is 5.32 Å². The van der Waals surface area contributed by atoms with Crippen molar-refractivity contribution in [2.45, 2.75) is 18.6 Å². The van der Waals surface area contributed by atoms with Gasteiger partial charge in [0.05, 0.1) is 0 Å². The normalized spacial score (nSPS) is 19.1. The van der Waals surface area contributed by atoms with Gasteiger partial charge in [-0.2, -0.15) is 0 Å². The molecule has 0 amide bonds. The van der Waals surface area contributed by atoms with E-state index in [-0.39, 0.29) is 18.0 Å². The van der Waals surface area contributed by atoms with Gasteiger partial charge in [0.2, 0.25) is 0 Å². The molecule has 0 spiro atoms. The molecule has 0 radical (unpaired) electrons. The van der Waals surface area contributed by atoms with E-state index < -0.39 is 0 Å². The number of nitrogens with one attached hydrogen (secondary N) is 1. The first kappa shape index (κ1) is 20.9. The van der Waals surface area contributed by atoms with E-state index in [2.05, 4.69) is 37.2 Å². The summed E-state index contributed by atoms with van der Waals surface area (Å²) in [5.74, 6) is 0.240. The van der Waals surface area contributed by atoms with E-state index in [9.17, 15) is 5.11 Å². The molecule has 0 saturated carbocycles. The molecule has 1 aliphatic rings. The van der Waals surface area contributed by atoms with Gasteiger partial charge >= 0.3 is 0 Å². The van der Waals surface area contributed by atoms with E-state index in [4.69, 9.17) is 28.2 Å². The molecule has 0 bridgehead atoms. The van der Waals surface area contributed by atoms with Crippen molar-refractivity contribution in [1.29, 1.82) is 0 Å². The van der Waals surface area contributed by atoms with E-state index >= 15 is 0 Å². The molecule has 1 aliphatic heterocycles. The molecule has 3 aromatic carbocycles. The number of phenols is 1. The van der Waals surface area contributed by atoms with Gasteiger partial charge < -0.3 is 5.11 Å². The van der Waals surface area contributed by atoms with Crippen molar-refractivity contribution in [2.24, 2.45) is 4.99 Å². The third kappa shape index (κ3) is 4.70. The number of phenolic OH excluding ortho intramolecular Hbond substituents is 1. The fraction of sp³-hybridized carbons (Fsp3) is 0.136. The van der Waals surface area contributed by atoms with Crippen LogP contribution in [0, 0.1) is 0 Å². The SMILES string of the molecule is Oc1ccc(Br)cc1[C@@H]1CC(c2ccc(Br)cc2)=N[C@@H](c2ccc(Cl)cc2Cl)N1. The predicted octanol–water partition coefficient (Wildman–Crippen LogP) is 7.45. The van der Waals surface area contributed by atoms with Crippen molar-refractivity contribution in [3.8, 4) is 5.75 Å². The maximum atomic E-state index is 10.5. The molecular formula is C22H16Br2Cl2N2O. The summed E-state index contributed by atoms with van der Waals surface area (Å²) >= 11 is 19.5. The summed E-state index contributed by atoms with van der Waals surface area (Å²) in [5, 5.41) is 15.1. The van der Waals surface area contributed by atoms with Crippen LogP contribution in [0.25, 0.3) is 0 Å². The maximum Gasteiger partial charge on any atom is 0.127 e. The molecular weight excluding hydrogens is 539 g/mol. The van der Waals surface area contributed by atoms with Gasteiger partial charge in [-0.25, -0.2) is 0 Å². The Morgan fingerprint density at radius 1 is 0.897 bits per heavy atom. The second-order valence-electron chi connectivity index (χ2n) is 6.78. The van der Waals surface area contributed by atoms with E-state index in [1.807, 2.05) is 42.5 Å². The van der Waals surface area contributed by atoms with Crippen molar-refractivity contribution < 1.29 is 5.11 Å². The Balaban J connectivity index is 1.79. The number of aliphatic imine (C=N–C) groups is 1. The highest BCUT2D eigenvalue weighted by atomic mass is 79.9. The molecule has 3 nitrogen and oxygen atoms in total. The van der Waals surface area contributed by atoms with Gasteiger partial charge in [-0.05, 0) is 48.0 Å². The van der Waals surface area contributed by atoms with E-state index in [1.165, 1.54) is 0 Å². The van der Waals surface area contributed by atoms with Gasteiger partial charge in [-0.1, -0.05) is 73.3 Å². The van der Waals surface area contributed by atoms with Gasteiger partial charge in [0.25, 0.3) is 0 Å². The Hall–Kier alpha value is -1.37.